The van der Waals surface area contributed by atoms with Crippen LogP contribution in [0, 0.1) is 35.5 Å². The summed E-state index contributed by atoms with van der Waals surface area (Å²) < 4.78 is 0. The molecule has 2 unspecified atom stereocenters. The van der Waals surface area contributed by atoms with E-state index in [-0.39, 0.29) is 6.10 Å². The molecule has 144 valence electrons. The van der Waals surface area contributed by atoms with Gasteiger partial charge in [-0.05, 0) is 62.9 Å². The monoisotopic (exact) mass is 350 g/mol. The maximum atomic E-state index is 10.7. The third kappa shape index (κ3) is 4.77. The average molecular weight is 351 g/mol. The fourth-order valence-electron chi connectivity index (χ4n) is 5.97. The van der Waals surface area contributed by atoms with Gasteiger partial charge in [-0.1, -0.05) is 44.2 Å². The average Bonchev–Trinajstić information content (AvgIpc) is 2.92. The Balaban J connectivity index is 1.55. The molecular formula is C21H38N2O2. The molecule has 4 nitrogen and oxygen atoms in total. The molecule has 4 heteroatoms. The first-order valence-electron chi connectivity index (χ1n) is 10.5. The summed E-state index contributed by atoms with van der Waals surface area (Å²) in [5.41, 5.74) is 0. The van der Waals surface area contributed by atoms with Crippen LogP contribution in [0.2, 0.25) is 0 Å². The second-order valence-electron chi connectivity index (χ2n) is 9.21. The molecule has 0 aromatic heterocycles. The van der Waals surface area contributed by atoms with Gasteiger partial charge in [0.1, 0.15) is 6.61 Å². The molecule has 0 heterocycles. The highest BCUT2D eigenvalue weighted by Gasteiger charge is 2.49. The number of nitrogens with zero attached hydrogens (tertiary/aromatic N) is 2. The van der Waals surface area contributed by atoms with Crippen LogP contribution in [0.5, 0.6) is 0 Å². The van der Waals surface area contributed by atoms with E-state index in [9.17, 15) is 5.11 Å². The van der Waals surface area contributed by atoms with Crippen LogP contribution in [-0.2, 0) is 4.84 Å². The van der Waals surface area contributed by atoms with Crippen molar-refractivity contribution in [2.75, 3.05) is 27.2 Å². The van der Waals surface area contributed by atoms with Gasteiger partial charge in [0.05, 0.1) is 6.10 Å². The summed E-state index contributed by atoms with van der Waals surface area (Å²) in [6.45, 7) is 3.93. The first-order chi connectivity index (χ1) is 12.1. The van der Waals surface area contributed by atoms with Crippen LogP contribution in [0.3, 0.4) is 0 Å². The van der Waals surface area contributed by atoms with Gasteiger partial charge in [-0.2, -0.15) is 0 Å². The fraction of sp³-hybridized carbons (Fsp3) is 0.952. The second-order valence-corrected chi connectivity index (χ2v) is 9.21. The molecule has 3 aliphatic rings. The molecule has 0 bridgehead atoms. The normalized spacial score (nSPS) is 39.9. The van der Waals surface area contributed by atoms with E-state index >= 15 is 0 Å². The van der Waals surface area contributed by atoms with E-state index in [0.717, 1.165) is 24.8 Å². The summed E-state index contributed by atoms with van der Waals surface area (Å²) >= 11 is 0. The van der Waals surface area contributed by atoms with Gasteiger partial charge in [-0.15, -0.1) is 0 Å². The summed E-state index contributed by atoms with van der Waals surface area (Å²) in [6.07, 6.45) is 12.5. The largest absolute Gasteiger partial charge is 0.395 e. The Kier molecular flexibility index (Phi) is 6.79. The summed E-state index contributed by atoms with van der Waals surface area (Å²) in [5, 5.41) is 14.9. The molecule has 0 aromatic rings. The molecule has 3 saturated carbocycles. The molecule has 1 N–H and O–H groups in total. The van der Waals surface area contributed by atoms with Gasteiger partial charge >= 0.3 is 0 Å². The quantitative estimate of drug-likeness (QED) is 0.450. The Bertz CT molecular complexity index is 434. The van der Waals surface area contributed by atoms with Gasteiger partial charge in [0.15, 0.2) is 0 Å². The number of likely N-dealkylation sites (N-methyl/N-ethyl adjacent to an activating group) is 1. The molecule has 3 fully saturated rings. The number of oxime groups is 1. The van der Waals surface area contributed by atoms with Crippen LogP contribution in [0.4, 0.5) is 0 Å². The highest BCUT2D eigenvalue weighted by molar-refractivity contribution is 5.61. The Labute approximate surface area is 154 Å². The highest BCUT2D eigenvalue weighted by Crippen LogP contribution is 2.52. The Morgan fingerprint density at radius 3 is 2.56 bits per heavy atom. The van der Waals surface area contributed by atoms with E-state index in [1.165, 1.54) is 44.9 Å². The number of aliphatic hydroxyl groups is 1. The molecule has 3 aliphatic carbocycles. The van der Waals surface area contributed by atoms with Gasteiger partial charge in [0.2, 0.25) is 0 Å². The highest BCUT2D eigenvalue weighted by atomic mass is 16.6. The predicted molar refractivity (Wildman–Crippen MR) is 103 cm³/mol. The van der Waals surface area contributed by atoms with E-state index in [4.69, 9.17) is 4.84 Å². The van der Waals surface area contributed by atoms with Crippen LogP contribution in [0.25, 0.3) is 0 Å². The number of rotatable bonds is 6. The lowest BCUT2D eigenvalue weighted by Gasteiger charge is -2.43. The molecule has 0 radical (unpaired) electrons. The smallest absolute Gasteiger partial charge is 0.129 e. The summed E-state index contributed by atoms with van der Waals surface area (Å²) in [5.74, 6) is 3.93. The topological polar surface area (TPSA) is 45.1 Å². The van der Waals surface area contributed by atoms with Crippen molar-refractivity contribution in [1.82, 2.24) is 4.90 Å². The van der Waals surface area contributed by atoms with Crippen molar-refractivity contribution in [1.29, 1.82) is 0 Å². The van der Waals surface area contributed by atoms with E-state index in [0.29, 0.717) is 30.3 Å². The van der Waals surface area contributed by atoms with E-state index in [1.54, 1.807) is 0 Å². The van der Waals surface area contributed by atoms with Crippen molar-refractivity contribution in [3.63, 3.8) is 0 Å². The summed E-state index contributed by atoms with van der Waals surface area (Å²) in [4.78, 5) is 7.52. The van der Waals surface area contributed by atoms with E-state index in [1.807, 2.05) is 20.3 Å². The van der Waals surface area contributed by atoms with Crippen molar-refractivity contribution < 1.29 is 9.94 Å². The lowest BCUT2D eigenvalue weighted by molar-refractivity contribution is 0.0264. The van der Waals surface area contributed by atoms with Crippen molar-refractivity contribution in [3.05, 3.63) is 0 Å². The number of hydrogen-bond donors (Lipinski definition) is 1. The van der Waals surface area contributed by atoms with Crippen molar-refractivity contribution in [2.24, 2.45) is 40.7 Å². The lowest BCUT2D eigenvalue weighted by Crippen LogP contribution is -2.37. The van der Waals surface area contributed by atoms with Crippen molar-refractivity contribution in [3.8, 4) is 0 Å². The van der Waals surface area contributed by atoms with Gasteiger partial charge in [-0.3, -0.25) is 0 Å². The zero-order valence-electron chi connectivity index (χ0n) is 16.4. The van der Waals surface area contributed by atoms with Crippen LogP contribution < -0.4 is 0 Å². The van der Waals surface area contributed by atoms with Crippen LogP contribution >= 0.6 is 0 Å². The summed E-state index contributed by atoms with van der Waals surface area (Å²) in [7, 11) is 4.08. The number of hydrogen-bond acceptors (Lipinski definition) is 4. The van der Waals surface area contributed by atoms with E-state index in [2.05, 4.69) is 17.0 Å². The fourth-order valence-corrected chi connectivity index (χ4v) is 5.97. The molecule has 25 heavy (non-hydrogen) atoms. The van der Waals surface area contributed by atoms with Gasteiger partial charge in [0.25, 0.3) is 0 Å². The lowest BCUT2D eigenvalue weighted by atomic mass is 9.62. The Hall–Kier alpha value is -0.610. The SMILES string of the molecule is CC1C[C@H](C2CCCCC2)C[C@@H]2C(O)C[C@H](/C=N/OCCN(C)C)[C@@H]12. The minimum atomic E-state index is -0.142. The minimum absolute atomic E-state index is 0.142. The third-order valence-electron chi connectivity index (χ3n) is 7.18. The molecule has 6 atom stereocenters. The number of fused-ring (bicyclic) bond motifs is 1. The second kappa shape index (κ2) is 8.85. The van der Waals surface area contributed by atoms with E-state index < -0.39 is 0 Å². The molecule has 0 spiro atoms. The van der Waals surface area contributed by atoms with Crippen LogP contribution in [0.1, 0.15) is 58.3 Å². The number of aliphatic hydroxyl groups excluding tert-OH is 1. The molecule has 0 aliphatic heterocycles. The van der Waals surface area contributed by atoms with Gasteiger partial charge < -0.3 is 14.8 Å². The van der Waals surface area contributed by atoms with Crippen LogP contribution in [-0.4, -0.2) is 49.6 Å². The zero-order chi connectivity index (χ0) is 17.8. The predicted octanol–water partition coefficient (Wildman–Crippen LogP) is 3.79. The summed E-state index contributed by atoms with van der Waals surface area (Å²) in [6, 6.07) is 0. The molecule has 0 saturated heterocycles. The molecular weight excluding hydrogens is 312 g/mol. The first kappa shape index (κ1) is 19.2. The zero-order valence-corrected chi connectivity index (χ0v) is 16.4. The van der Waals surface area contributed by atoms with Crippen molar-refractivity contribution >= 4 is 6.21 Å². The van der Waals surface area contributed by atoms with Crippen molar-refractivity contribution in [2.45, 2.75) is 64.4 Å². The third-order valence-corrected chi connectivity index (χ3v) is 7.18. The minimum Gasteiger partial charge on any atom is -0.395 e. The molecule has 0 amide bonds. The Morgan fingerprint density at radius 2 is 1.84 bits per heavy atom. The first-order valence-corrected chi connectivity index (χ1v) is 10.5. The standard InChI is InChI=1S/C21H38N2O2/c1-15-11-17(16-7-5-4-6-8-16)12-19-20(24)13-18(21(15)19)14-22-25-10-9-23(2)3/h14-21,24H,4-13H2,1-3H3/b22-14+/t15?,17-,18+,19+,20?,21+/m0/s1. The van der Waals surface area contributed by atoms with Gasteiger partial charge in [-0.25, -0.2) is 0 Å². The van der Waals surface area contributed by atoms with Gasteiger partial charge in [0, 0.05) is 18.7 Å². The molecule has 0 aromatic carbocycles. The Morgan fingerprint density at radius 1 is 1.08 bits per heavy atom. The molecule has 3 rings (SSSR count). The maximum Gasteiger partial charge on any atom is 0.129 e. The van der Waals surface area contributed by atoms with Crippen LogP contribution in [0.15, 0.2) is 5.16 Å². The maximum absolute atomic E-state index is 10.7.